The van der Waals surface area contributed by atoms with Crippen LogP contribution in [0.2, 0.25) is 0 Å². The van der Waals surface area contributed by atoms with Crippen LogP contribution in [0.5, 0.6) is 0 Å². The third kappa shape index (κ3) is 5.26. The minimum Gasteiger partial charge on any atom is -0.460 e. The van der Waals surface area contributed by atoms with Crippen molar-refractivity contribution in [2.75, 3.05) is 11.4 Å². The number of para-hydroxylation sites is 1. The fourth-order valence-electron chi connectivity index (χ4n) is 2.34. The van der Waals surface area contributed by atoms with E-state index in [0.717, 1.165) is 5.69 Å². The van der Waals surface area contributed by atoms with Crippen LogP contribution in [-0.4, -0.2) is 29.0 Å². The molecule has 1 aromatic carbocycles. The Balaban J connectivity index is 2.02. The summed E-state index contributed by atoms with van der Waals surface area (Å²) in [6, 6.07) is 13.0. The number of ether oxygens (including phenoxy) is 1. The average Bonchev–Trinajstić information content (AvgIpc) is 3.04. The van der Waals surface area contributed by atoms with Gasteiger partial charge in [-0.3, -0.25) is 9.59 Å². The Morgan fingerprint density at radius 2 is 1.79 bits per heavy atom. The molecule has 0 saturated carbocycles. The van der Waals surface area contributed by atoms with Crippen LogP contribution >= 0.6 is 0 Å². The molecule has 0 fully saturated rings. The van der Waals surface area contributed by atoms with Crippen LogP contribution in [0.1, 0.15) is 44.1 Å². The van der Waals surface area contributed by atoms with Gasteiger partial charge < -0.3 is 14.6 Å². The number of hydrogen-bond acceptors (Lipinski definition) is 3. The second kappa shape index (κ2) is 7.81. The van der Waals surface area contributed by atoms with Crippen LogP contribution in [-0.2, 0) is 9.53 Å². The first-order chi connectivity index (χ1) is 11.4. The molecule has 128 valence electrons. The van der Waals surface area contributed by atoms with E-state index in [1.54, 1.807) is 23.2 Å². The molecule has 5 heteroatoms. The first-order valence-corrected chi connectivity index (χ1v) is 8.09. The van der Waals surface area contributed by atoms with Crippen molar-refractivity contribution >= 4 is 17.6 Å². The molecule has 0 spiro atoms. The van der Waals surface area contributed by atoms with Crippen molar-refractivity contribution in [3.63, 3.8) is 0 Å². The summed E-state index contributed by atoms with van der Waals surface area (Å²) in [6.07, 6.45) is 2.53. The molecule has 1 heterocycles. The molecule has 1 amide bonds. The lowest BCUT2D eigenvalue weighted by atomic mass is 10.2. The van der Waals surface area contributed by atoms with E-state index in [-0.39, 0.29) is 18.3 Å². The zero-order chi connectivity index (χ0) is 17.6. The number of hydrogen-bond donors (Lipinski definition) is 1. The number of nitrogens with one attached hydrogen (secondary N) is 1. The number of benzene rings is 1. The zero-order valence-electron chi connectivity index (χ0n) is 14.4. The minimum absolute atomic E-state index is 0.115. The minimum atomic E-state index is -0.490. The van der Waals surface area contributed by atoms with E-state index < -0.39 is 5.60 Å². The molecule has 0 bridgehead atoms. The van der Waals surface area contributed by atoms with Gasteiger partial charge in [-0.2, -0.15) is 0 Å². The number of aromatic nitrogens is 1. The molecule has 0 atom stereocenters. The average molecular weight is 328 g/mol. The topological polar surface area (TPSA) is 62.4 Å². The number of amides is 1. The van der Waals surface area contributed by atoms with Crippen LogP contribution < -0.4 is 4.90 Å². The lowest BCUT2D eigenvalue weighted by Crippen LogP contribution is -2.33. The molecule has 1 N–H and O–H groups in total. The highest BCUT2D eigenvalue weighted by Crippen LogP contribution is 2.18. The van der Waals surface area contributed by atoms with E-state index in [2.05, 4.69) is 4.98 Å². The summed E-state index contributed by atoms with van der Waals surface area (Å²) in [5.74, 6) is -0.363. The van der Waals surface area contributed by atoms with Gasteiger partial charge in [0.25, 0.3) is 5.91 Å². The lowest BCUT2D eigenvalue weighted by Gasteiger charge is -2.23. The Hall–Kier alpha value is -2.56. The van der Waals surface area contributed by atoms with Crippen molar-refractivity contribution in [2.45, 2.75) is 39.2 Å². The zero-order valence-corrected chi connectivity index (χ0v) is 14.4. The summed E-state index contributed by atoms with van der Waals surface area (Å²) in [6.45, 7) is 5.98. The number of anilines is 1. The van der Waals surface area contributed by atoms with E-state index in [0.29, 0.717) is 18.7 Å². The molecule has 0 saturated heterocycles. The van der Waals surface area contributed by atoms with Crippen LogP contribution in [0.25, 0.3) is 0 Å². The summed E-state index contributed by atoms with van der Waals surface area (Å²) in [4.78, 5) is 29.1. The molecular weight excluding hydrogens is 304 g/mol. The van der Waals surface area contributed by atoms with Crippen molar-refractivity contribution in [3.8, 4) is 0 Å². The molecule has 2 rings (SSSR count). The smallest absolute Gasteiger partial charge is 0.306 e. The Morgan fingerprint density at radius 1 is 1.08 bits per heavy atom. The Morgan fingerprint density at radius 3 is 2.38 bits per heavy atom. The van der Waals surface area contributed by atoms with Crippen LogP contribution in [0, 0.1) is 0 Å². The van der Waals surface area contributed by atoms with Gasteiger partial charge in [-0.1, -0.05) is 18.2 Å². The van der Waals surface area contributed by atoms with Crippen LogP contribution in [0.15, 0.2) is 48.7 Å². The molecule has 0 aliphatic carbocycles. The number of aromatic amines is 1. The second-order valence-corrected chi connectivity index (χ2v) is 6.57. The maximum absolute atomic E-state index is 12.7. The Bertz CT molecular complexity index is 658. The fourth-order valence-corrected chi connectivity index (χ4v) is 2.34. The largest absolute Gasteiger partial charge is 0.460 e. The van der Waals surface area contributed by atoms with Gasteiger partial charge in [-0.15, -0.1) is 0 Å². The fraction of sp³-hybridized carbons (Fsp3) is 0.368. The molecule has 1 aromatic heterocycles. The predicted molar refractivity (Wildman–Crippen MR) is 94.0 cm³/mol. The van der Waals surface area contributed by atoms with Crippen LogP contribution in [0.3, 0.4) is 0 Å². The van der Waals surface area contributed by atoms with Gasteiger partial charge in [0.15, 0.2) is 0 Å². The monoisotopic (exact) mass is 328 g/mol. The first kappa shape index (κ1) is 17.8. The van der Waals surface area contributed by atoms with Crippen molar-refractivity contribution in [3.05, 3.63) is 54.4 Å². The number of nitrogens with zero attached hydrogens (tertiary/aromatic N) is 1. The number of carbonyl (C=O) groups is 2. The van der Waals surface area contributed by atoms with Gasteiger partial charge in [0.2, 0.25) is 0 Å². The van der Waals surface area contributed by atoms with Gasteiger partial charge in [-0.25, -0.2) is 0 Å². The summed E-state index contributed by atoms with van der Waals surface area (Å²) in [5.41, 5.74) is 0.841. The number of H-pyrrole nitrogens is 1. The summed E-state index contributed by atoms with van der Waals surface area (Å²) in [5, 5.41) is 0. The van der Waals surface area contributed by atoms with Crippen molar-refractivity contribution in [1.82, 2.24) is 4.98 Å². The van der Waals surface area contributed by atoms with Crippen LogP contribution in [0.4, 0.5) is 5.69 Å². The maximum Gasteiger partial charge on any atom is 0.306 e. The van der Waals surface area contributed by atoms with E-state index in [9.17, 15) is 9.59 Å². The van der Waals surface area contributed by atoms with Gasteiger partial charge in [0, 0.05) is 24.8 Å². The Kier molecular flexibility index (Phi) is 5.79. The van der Waals surface area contributed by atoms with Gasteiger partial charge in [0.05, 0.1) is 0 Å². The lowest BCUT2D eigenvalue weighted by molar-refractivity contribution is -0.154. The molecule has 2 aromatic rings. The summed E-state index contributed by atoms with van der Waals surface area (Å²) < 4.78 is 5.31. The van der Waals surface area contributed by atoms with E-state index in [1.807, 2.05) is 51.1 Å². The summed E-state index contributed by atoms with van der Waals surface area (Å²) in [7, 11) is 0. The molecular formula is C19H24N2O3. The third-order valence-electron chi connectivity index (χ3n) is 3.32. The standard InChI is InChI=1S/C19H24N2O3/c1-19(2,3)24-17(22)12-8-14-21(15-9-5-4-6-10-15)18(23)16-11-7-13-20-16/h4-7,9-11,13,20H,8,12,14H2,1-3H3. The quantitative estimate of drug-likeness (QED) is 0.821. The van der Waals surface area contributed by atoms with Gasteiger partial charge in [-0.05, 0) is 51.5 Å². The van der Waals surface area contributed by atoms with Crippen molar-refractivity contribution < 1.29 is 14.3 Å². The van der Waals surface area contributed by atoms with E-state index >= 15 is 0 Å². The molecule has 5 nitrogen and oxygen atoms in total. The van der Waals surface area contributed by atoms with E-state index in [4.69, 9.17) is 4.74 Å². The molecule has 0 aliphatic rings. The van der Waals surface area contributed by atoms with E-state index in [1.165, 1.54) is 0 Å². The van der Waals surface area contributed by atoms with Gasteiger partial charge in [0.1, 0.15) is 11.3 Å². The molecule has 0 aliphatic heterocycles. The van der Waals surface area contributed by atoms with Crippen molar-refractivity contribution in [1.29, 1.82) is 0 Å². The maximum atomic E-state index is 12.7. The van der Waals surface area contributed by atoms with Gasteiger partial charge >= 0.3 is 5.97 Å². The molecule has 24 heavy (non-hydrogen) atoms. The molecule has 0 radical (unpaired) electrons. The second-order valence-electron chi connectivity index (χ2n) is 6.57. The SMILES string of the molecule is CC(C)(C)OC(=O)CCCN(C(=O)c1ccc[nH]1)c1ccccc1. The number of rotatable bonds is 6. The third-order valence-corrected chi connectivity index (χ3v) is 3.32. The predicted octanol–water partition coefficient (Wildman–Crippen LogP) is 3.78. The highest BCUT2D eigenvalue weighted by atomic mass is 16.6. The number of esters is 1. The molecule has 0 unspecified atom stereocenters. The summed E-state index contributed by atoms with van der Waals surface area (Å²) >= 11 is 0. The highest BCUT2D eigenvalue weighted by molar-refractivity contribution is 6.04. The first-order valence-electron chi connectivity index (χ1n) is 8.09. The number of carbonyl (C=O) groups excluding carboxylic acids is 2. The normalized spacial score (nSPS) is 11.1. The highest BCUT2D eigenvalue weighted by Gasteiger charge is 2.20. The Labute approximate surface area is 142 Å². The van der Waals surface area contributed by atoms with Crippen molar-refractivity contribution in [2.24, 2.45) is 0 Å².